The molecule has 1 aromatic carbocycles. The molecule has 0 aliphatic heterocycles. The Kier molecular flexibility index (Phi) is 5.37. The topological polar surface area (TPSA) is 35.5 Å². The highest BCUT2D eigenvalue weighted by Crippen LogP contribution is 2.29. The number of rotatable bonds is 6. The normalized spacial score (nSPS) is 12.1. The SMILES string of the molecule is CCC(C)(C)Oc1ccc(OC(=O)C(C)(C)CC)cc1F. The maximum absolute atomic E-state index is 14.0. The highest BCUT2D eigenvalue weighted by atomic mass is 19.1. The largest absolute Gasteiger partial charge is 0.485 e. The minimum atomic E-state index is -0.587. The average Bonchev–Trinajstić information content (AvgIpc) is 2.41. The van der Waals surface area contributed by atoms with Gasteiger partial charge in [0.15, 0.2) is 11.6 Å². The summed E-state index contributed by atoms with van der Waals surface area (Å²) in [5.74, 6) is -0.542. The van der Waals surface area contributed by atoms with Crippen molar-refractivity contribution in [2.45, 2.75) is 60.0 Å². The molecule has 1 rings (SSSR count). The third kappa shape index (κ3) is 4.73. The molecule has 4 heteroatoms. The van der Waals surface area contributed by atoms with Gasteiger partial charge in [0, 0.05) is 6.07 Å². The maximum Gasteiger partial charge on any atom is 0.316 e. The molecule has 3 nitrogen and oxygen atoms in total. The molecule has 0 unspecified atom stereocenters. The molecular formula is C17H25FO3. The second-order valence-electron chi connectivity index (χ2n) is 6.43. The standard InChI is InChI=1S/C17H25FO3/c1-7-16(3,4)15(19)20-12-9-10-14(13(18)11-12)21-17(5,6)8-2/h9-11H,7-8H2,1-6H3. The van der Waals surface area contributed by atoms with Crippen LogP contribution in [0.5, 0.6) is 11.5 Å². The second-order valence-corrected chi connectivity index (χ2v) is 6.43. The Hall–Kier alpha value is -1.58. The van der Waals surface area contributed by atoms with Crippen LogP contribution in [0.2, 0.25) is 0 Å². The van der Waals surface area contributed by atoms with Crippen molar-refractivity contribution < 1.29 is 18.7 Å². The van der Waals surface area contributed by atoms with Crippen molar-refractivity contribution in [2.75, 3.05) is 0 Å². The van der Waals surface area contributed by atoms with E-state index in [2.05, 4.69) is 0 Å². The van der Waals surface area contributed by atoms with Gasteiger partial charge < -0.3 is 9.47 Å². The van der Waals surface area contributed by atoms with Crippen LogP contribution in [0, 0.1) is 11.2 Å². The average molecular weight is 296 g/mol. The van der Waals surface area contributed by atoms with E-state index in [0.29, 0.717) is 6.42 Å². The number of benzene rings is 1. The number of carbonyl (C=O) groups is 1. The van der Waals surface area contributed by atoms with Crippen molar-refractivity contribution >= 4 is 5.97 Å². The van der Waals surface area contributed by atoms with Crippen LogP contribution >= 0.6 is 0 Å². The summed E-state index contributed by atoms with van der Waals surface area (Å²) in [5, 5.41) is 0. The summed E-state index contributed by atoms with van der Waals surface area (Å²) in [6, 6.07) is 4.23. The zero-order chi connectivity index (χ0) is 16.3. The Bertz CT molecular complexity index is 507. The van der Waals surface area contributed by atoms with Crippen LogP contribution in [0.25, 0.3) is 0 Å². The lowest BCUT2D eigenvalue weighted by Crippen LogP contribution is -2.28. The number of halogens is 1. The van der Waals surface area contributed by atoms with Crippen LogP contribution in [0.1, 0.15) is 54.4 Å². The first kappa shape index (κ1) is 17.5. The highest BCUT2D eigenvalue weighted by molar-refractivity contribution is 5.78. The molecule has 0 saturated carbocycles. The molecule has 0 aromatic heterocycles. The van der Waals surface area contributed by atoms with E-state index in [0.717, 1.165) is 6.42 Å². The number of hydrogen-bond donors (Lipinski definition) is 0. The summed E-state index contributed by atoms with van der Waals surface area (Å²) in [5.41, 5.74) is -1.03. The van der Waals surface area contributed by atoms with Gasteiger partial charge in [-0.25, -0.2) is 4.39 Å². The van der Waals surface area contributed by atoms with Gasteiger partial charge in [-0.05, 0) is 52.7 Å². The molecule has 0 heterocycles. The second kappa shape index (κ2) is 6.46. The monoisotopic (exact) mass is 296 g/mol. The third-order valence-corrected chi connectivity index (χ3v) is 3.79. The fraction of sp³-hybridized carbons (Fsp3) is 0.588. The molecule has 0 bridgehead atoms. The van der Waals surface area contributed by atoms with Gasteiger partial charge in [0.05, 0.1) is 5.41 Å². The number of hydrogen-bond acceptors (Lipinski definition) is 3. The summed E-state index contributed by atoms with van der Waals surface area (Å²) < 4.78 is 24.9. The predicted octanol–water partition coefficient (Wildman–Crippen LogP) is 4.73. The zero-order valence-electron chi connectivity index (χ0n) is 13.7. The van der Waals surface area contributed by atoms with E-state index >= 15 is 0 Å². The van der Waals surface area contributed by atoms with Gasteiger partial charge in [0.25, 0.3) is 0 Å². The molecular weight excluding hydrogens is 271 g/mol. The minimum absolute atomic E-state index is 0.163. The molecule has 0 amide bonds. The summed E-state index contributed by atoms with van der Waals surface area (Å²) in [7, 11) is 0. The molecule has 0 N–H and O–H groups in total. The number of esters is 1. The van der Waals surface area contributed by atoms with Crippen LogP contribution in [0.3, 0.4) is 0 Å². The Balaban J connectivity index is 2.86. The summed E-state index contributed by atoms with van der Waals surface area (Å²) in [6.07, 6.45) is 1.41. The van der Waals surface area contributed by atoms with Gasteiger partial charge in [-0.15, -0.1) is 0 Å². The quantitative estimate of drug-likeness (QED) is 0.562. The summed E-state index contributed by atoms with van der Waals surface area (Å²) in [6.45, 7) is 11.3. The lowest BCUT2D eigenvalue weighted by Gasteiger charge is -2.25. The van der Waals surface area contributed by atoms with Gasteiger partial charge in [-0.3, -0.25) is 4.79 Å². The van der Waals surface area contributed by atoms with Crippen LogP contribution in [0.15, 0.2) is 18.2 Å². The smallest absolute Gasteiger partial charge is 0.316 e. The van der Waals surface area contributed by atoms with E-state index in [1.54, 1.807) is 19.9 Å². The highest BCUT2D eigenvalue weighted by Gasteiger charge is 2.28. The fourth-order valence-corrected chi connectivity index (χ4v) is 1.39. The van der Waals surface area contributed by atoms with Crippen LogP contribution < -0.4 is 9.47 Å². The molecule has 0 aliphatic carbocycles. The van der Waals surface area contributed by atoms with Crippen molar-refractivity contribution in [3.05, 3.63) is 24.0 Å². The third-order valence-electron chi connectivity index (χ3n) is 3.79. The minimum Gasteiger partial charge on any atom is -0.485 e. The Labute approximate surface area is 126 Å². The zero-order valence-corrected chi connectivity index (χ0v) is 13.7. The Morgan fingerprint density at radius 1 is 1.14 bits per heavy atom. The first-order valence-electron chi connectivity index (χ1n) is 7.32. The number of ether oxygens (including phenoxy) is 2. The maximum atomic E-state index is 14.0. The fourth-order valence-electron chi connectivity index (χ4n) is 1.39. The first-order chi connectivity index (χ1) is 9.61. The lowest BCUT2D eigenvalue weighted by atomic mass is 9.91. The molecule has 0 aliphatic rings. The van der Waals surface area contributed by atoms with Gasteiger partial charge in [0.1, 0.15) is 11.4 Å². The van der Waals surface area contributed by atoms with E-state index in [1.807, 2.05) is 27.7 Å². The summed E-state index contributed by atoms with van der Waals surface area (Å²) in [4.78, 5) is 12.0. The van der Waals surface area contributed by atoms with Crippen LogP contribution in [-0.4, -0.2) is 11.6 Å². The predicted molar refractivity (Wildman–Crippen MR) is 81.1 cm³/mol. The summed E-state index contributed by atoms with van der Waals surface area (Å²) >= 11 is 0. The Morgan fingerprint density at radius 2 is 1.76 bits per heavy atom. The van der Waals surface area contributed by atoms with Gasteiger partial charge >= 0.3 is 5.97 Å². The molecule has 0 saturated heterocycles. The van der Waals surface area contributed by atoms with Crippen molar-refractivity contribution in [1.82, 2.24) is 0 Å². The molecule has 1 aromatic rings. The van der Waals surface area contributed by atoms with E-state index in [9.17, 15) is 9.18 Å². The van der Waals surface area contributed by atoms with Crippen molar-refractivity contribution in [3.8, 4) is 11.5 Å². The lowest BCUT2D eigenvalue weighted by molar-refractivity contribution is -0.144. The van der Waals surface area contributed by atoms with Gasteiger partial charge in [-0.1, -0.05) is 13.8 Å². The molecule has 0 radical (unpaired) electrons. The molecule has 0 spiro atoms. The molecule has 0 atom stereocenters. The van der Waals surface area contributed by atoms with Crippen LogP contribution in [0.4, 0.5) is 4.39 Å². The van der Waals surface area contributed by atoms with E-state index in [1.165, 1.54) is 12.1 Å². The molecule has 118 valence electrons. The van der Waals surface area contributed by atoms with E-state index in [4.69, 9.17) is 9.47 Å². The van der Waals surface area contributed by atoms with Crippen LogP contribution in [-0.2, 0) is 4.79 Å². The van der Waals surface area contributed by atoms with E-state index < -0.39 is 16.8 Å². The van der Waals surface area contributed by atoms with Crippen molar-refractivity contribution in [3.63, 3.8) is 0 Å². The van der Waals surface area contributed by atoms with Gasteiger partial charge in [0.2, 0.25) is 0 Å². The van der Waals surface area contributed by atoms with Crippen molar-refractivity contribution in [1.29, 1.82) is 0 Å². The molecule has 0 fully saturated rings. The Morgan fingerprint density at radius 3 is 2.24 bits per heavy atom. The molecule has 21 heavy (non-hydrogen) atoms. The van der Waals surface area contributed by atoms with Gasteiger partial charge in [-0.2, -0.15) is 0 Å². The first-order valence-corrected chi connectivity index (χ1v) is 7.32. The number of carbonyl (C=O) groups excluding carboxylic acids is 1. The van der Waals surface area contributed by atoms with Crippen molar-refractivity contribution in [2.24, 2.45) is 5.41 Å². The van der Waals surface area contributed by atoms with E-state index in [-0.39, 0.29) is 17.5 Å².